The molecule has 3 aromatic rings. The van der Waals surface area contributed by atoms with Gasteiger partial charge in [0.2, 0.25) is 5.91 Å². The second-order valence-electron chi connectivity index (χ2n) is 8.46. The van der Waals surface area contributed by atoms with Crippen molar-refractivity contribution in [1.82, 2.24) is 4.57 Å². The van der Waals surface area contributed by atoms with Crippen LogP contribution in [0.3, 0.4) is 0 Å². The van der Waals surface area contributed by atoms with Gasteiger partial charge < -0.3 is 14.6 Å². The van der Waals surface area contributed by atoms with Crippen LogP contribution in [0.15, 0.2) is 35.4 Å². The second-order valence-corrected chi connectivity index (χ2v) is 11.8. The molecule has 0 saturated carbocycles. The lowest BCUT2D eigenvalue weighted by Gasteiger charge is -2.13. The van der Waals surface area contributed by atoms with Crippen molar-refractivity contribution in [2.75, 3.05) is 11.9 Å². The fraction of sp³-hybridized carbons (Fsp3) is 0.440. The number of benzene rings is 1. The third-order valence-electron chi connectivity index (χ3n) is 6.37. The van der Waals surface area contributed by atoms with E-state index in [4.69, 9.17) is 4.74 Å². The van der Waals surface area contributed by atoms with Crippen LogP contribution in [0, 0.1) is 0 Å². The number of esters is 1. The Bertz CT molecular complexity index is 1340. The van der Waals surface area contributed by atoms with E-state index in [1.165, 1.54) is 18.3 Å². The molecule has 1 aliphatic carbocycles. The Labute approximate surface area is 204 Å². The number of sulfone groups is 1. The highest BCUT2D eigenvalue weighted by Crippen LogP contribution is 2.38. The van der Waals surface area contributed by atoms with E-state index >= 15 is 0 Å². The molecule has 182 valence electrons. The second kappa shape index (κ2) is 9.92. The lowest BCUT2D eigenvalue weighted by Crippen LogP contribution is -2.32. The molecule has 0 spiro atoms. The zero-order chi connectivity index (χ0) is 24.5. The van der Waals surface area contributed by atoms with Crippen LogP contribution >= 0.6 is 11.3 Å². The van der Waals surface area contributed by atoms with Gasteiger partial charge in [0.15, 0.2) is 9.84 Å². The molecule has 1 atom stereocenters. The third-order valence-corrected chi connectivity index (χ3v) is 9.66. The summed E-state index contributed by atoms with van der Waals surface area (Å²) in [5.74, 6) is -1.13. The van der Waals surface area contributed by atoms with Crippen molar-refractivity contribution in [3.63, 3.8) is 0 Å². The van der Waals surface area contributed by atoms with Gasteiger partial charge in [0.1, 0.15) is 10.3 Å². The number of aryl methyl sites for hydroxylation is 2. The van der Waals surface area contributed by atoms with Crippen LogP contribution in [-0.4, -0.2) is 36.7 Å². The molecule has 0 saturated heterocycles. The van der Waals surface area contributed by atoms with Crippen LogP contribution in [0.5, 0.6) is 0 Å². The summed E-state index contributed by atoms with van der Waals surface area (Å²) >= 11 is 1.36. The van der Waals surface area contributed by atoms with E-state index in [0.29, 0.717) is 22.5 Å². The molecule has 0 aliphatic heterocycles. The smallest absolute Gasteiger partial charge is 0.341 e. The molecule has 1 aromatic carbocycles. The van der Waals surface area contributed by atoms with Crippen molar-refractivity contribution in [2.45, 2.75) is 69.6 Å². The average Bonchev–Trinajstić information content (AvgIpc) is 3.28. The van der Waals surface area contributed by atoms with E-state index < -0.39 is 27.0 Å². The minimum atomic E-state index is -3.97. The lowest BCUT2D eigenvalue weighted by molar-refractivity contribution is -0.115. The van der Waals surface area contributed by atoms with Gasteiger partial charge >= 0.3 is 5.97 Å². The highest BCUT2D eigenvalue weighted by atomic mass is 32.2. The van der Waals surface area contributed by atoms with Crippen LogP contribution in [0.4, 0.5) is 5.00 Å². The quantitative estimate of drug-likeness (QED) is 0.364. The van der Waals surface area contributed by atoms with E-state index in [0.717, 1.165) is 48.1 Å². The molecular weight excluding hydrogens is 472 g/mol. The number of carbonyl (C=O) groups is 2. The van der Waals surface area contributed by atoms with E-state index in [1.807, 2.05) is 23.6 Å². The Morgan fingerprint density at radius 1 is 1.15 bits per heavy atom. The number of nitrogens with zero attached hydrogens (tertiary/aromatic N) is 1. The highest BCUT2D eigenvalue weighted by Gasteiger charge is 2.34. The normalized spacial score (nSPS) is 14.9. The number of para-hydroxylation sites is 1. The summed E-state index contributed by atoms with van der Waals surface area (Å²) in [6.45, 7) is 5.91. The van der Waals surface area contributed by atoms with Crippen molar-refractivity contribution in [3.8, 4) is 0 Å². The number of carbonyl (C=O) groups excluding carboxylic acids is 2. The van der Waals surface area contributed by atoms with Gasteiger partial charge in [-0.3, -0.25) is 4.79 Å². The fourth-order valence-corrected chi connectivity index (χ4v) is 7.25. The Morgan fingerprint density at radius 3 is 2.62 bits per heavy atom. The van der Waals surface area contributed by atoms with Crippen molar-refractivity contribution in [3.05, 3.63) is 46.5 Å². The number of hydrogen-bond donors (Lipinski definition) is 1. The first-order chi connectivity index (χ1) is 16.3. The monoisotopic (exact) mass is 502 g/mol. The van der Waals surface area contributed by atoms with Crippen LogP contribution in [0.2, 0.25) is 0 Å². The van der Waals surface area contributed by atoms with Crippen molar-refractivity contribution >= 4 is 49.0 Å². The van der Waals surface area contributed by atoms with Crippen molar-refractivity contribution < 1.29 is 22.7 Å². The number of amides is 1. The Hall–Kier alpha value is -2.65. The van der Waals surface area contributed by atoms with Gasteiger partial charge in [-0.1, -0.05) is 24.6 Å². The molecule has 1 amide bonds. The standard InChI is InChI=1S/C25H30N2O5S2/c1-4-27-15-21(17-11-9-10-13-19(17)27)34(30,31)16(3)23(28)26-24-22(25(29)32-5-2)18-12-7-6-8-14-20(18)33-24/h9-11,13,15-16H,4-8,12,14H2,1-3H3,(H,26,28)/t16-/m1/s1. The molecule has 9 heteroatoms. The maximum atomic E-state index is 13.5. The predicted octanol–water partition coefficient (Wildman–Crippen LogP) is 4.97. The number of ether oxygens (including phenoxy) is 1. The minimum Gasteiger partial charge on any atom is -0.462 e. The molecule has 34 heavy (non-hydrogen) atoms. The largest absolute Gasteiger partial charge is 0.462 e. The Kier molecular flexibility index (Phi) is 7.14. The lowest BCUT2D eigenvalue weighted by atomic mass is 10.1. The summed E-state index contributed by atoms with van der Waals surface area (Å²) in [6.07, 6.45) is 6.27. The van der Waals surface area contributed by atoms with Crippen LogP contribution in [-0.2, 0) is 38.8 Å². The molecule has 0 fully saturated rings. The van der Waals surface area contributed by atoms with Gasteiger partial charge in [-0.2, -0.15) is 0 Å². The molecule has 4 rings (SSSR count). The van der Waals surface area contributed by atoms with Gasteiger partial charge in [-0.15, -0.1) is 11.3 Å². The van der Waals surface area contributed by atoms with Crippen molar-refractivity contribution in [1.29, 1.82) is 0 Å². The number of thiophene rings is 1. The summed E-state index contributed by atoms with van der Waals surface area (Å²) in [6, 6.07) is 7.27. The number of aromatic nitrogens is 1. The zero-order valence-corrected chi connectivity index (χ0v) is 21.4. The van der Waals surface area contributed by atoms with Gasteiger partial charge in [-0.25, -0.2) is 13.2 Å². The predicted molar refractivity (Wildman–Crippen MR) is 134 cm³/mol. The van der Waals surface area contributed by atoms with Crippen molar-refractivity contribution in [2.24, 2.45) is 0 Å². The van der Waals surface area contributed by atoms with Gasteiger partial charge in [0.05, 0.1) is 17.1 Å². The number of rotatable bonds is 7. The van der Waals surface area contributed by atoms with Gasteiger partial charge in [0.25, 0.3) is 0 Å². The van der Waals surface area contributed by atoms with Gasteiger partial charge in [0, 0.05) is 28.5 Å². The topological polar surface area (TPSA) is 94.5 Å². The molecule has 0 unspecified atom stereocenters. The SMILES string of the molecule is CCOC(=O)c1c(NC(=O)[C@@H](C)S(=O)(=O)c2cn(CC)c3ccccc23)sc2c1CCCCC2. The summed E-state index contributed by atoms with van der Waals surface area (Å²) in [5.41, 5.74) is 2.12. The minimum absolute atomic E-state index is 0.139. The molecule has 1 aliphatic rings. The van der Waals surface area contributed by atoms with Crippen LogP contribution < -0.4 is 5.32 Å². The molecule has 7 nitrogen and oxygen atoms in total. The zero-order valence-electron chi connectivity index (χ0n) is 19.7. The molecule has 0 bridgehead atoms. The maximum Gasteiger partial charge on any atom is 0.341 e. The number of nitrogens with one attached hydrogen (secondary N) is 1. The highest BCUT2D eigenvalue weighted by molar-refractivity contribution is 7.93. The number of anilines is 1. The number of hydrogen-bond acceptors (Lipinski definition) is 6. The van der Waals surface area contributed by atoms with E-state index in [2.05, 4.69) is 5.32 Å². The molecule has 2 heterocycles. The Morgan fingerprint density at radius 2 is 1.88 bits per heavy atom. The molecule has 0 radical (unpaired) electrons. The van der Waals surface area contributed by atoms with Crippen LogP contribution in [0.25, 0.3) is 10.9 Å². The maximum absolute atomic E-state index is 13.5. The van der Waals surface area contributed by atoms with Crippen LogP contribution in [0.1, 0.15) is 60.8 Å². The summed E-state index contributed by atoms with van der Waals surface area (Å²) in [7, 11) is -3.97. The first-order valence-electron chi connectivity index (χ1n) is 11.7. The summed E-state index contributed by atoms with van der Waals surface area (Å²) < 4.78 is 34.1. The summed E-state index contributed by atoms with van der Waals surface area (Å²) in [4.78, 5) is 27.2. The molecule has 1 N–H and O–H groups in total. The Balaban J connectivity index is 1.68. The third kappa shape index (κ3) is 4.38. The van der Waals surface area contributed by atoms with E-state index in [-0.39, 0.29) is 11.5 Å². The first-order valence-corrected chi connectivity index (χ1v) is 14.1. The molecular formula is C25H30N2O5S2. The van der Waals surface area contributed by atoms with E-state index in [9.17, 15) is 18.0 Å². The number of fused-ring (bicyclic) bond motifs is 2. The van der Waals surface area contributed by atoms with Gasteiger partial charge in [-0.05, 0) is 58.1 Å². The summed E-state index contributed by atoms with van der Waals surface area (Å²) in [5, 5.41) is 2.41. The van der Waals surface area contributed by atoms with E-state index in [1.54, 1.807) is 25.3 Å². The first kappa shape index (κ1) is 24.5. The average molecular weight is 503 g/mol. The fourth-order valence-electron chi connectivity index (χ4n) is 4.50. The molecule has 2 aromatic heterocycles.